The second-order valence-electron chi connectivity index (χ2n) is 12.9. The Hall–Kier alpha value is -4.05. The first-order valence-electron chi connectivity index (χ1n) is 18.4. The Kier molecular flexibility index (Phi) is 16.8. The number of oxime groups is 1. The quantitative estimate of drug-likeness (QED) is 0.0318. The summed E-state index contributed by atoms with van der Waals surface area (Å²) < 4.78 is 11.2. The summed E-state index contributed by atoms with van der Waals surface area (Å²) in [5.74, 6) is -2.69. The highest BCUT2D eigenvalue weighted by Crippen LogP contribution is 2.40. The van der Waals surface area contributed by atoms with Crippen molar-refractivity contribution in [1.29, 1.82) is 0 Å². The van der Waals surface area contributed by atoms with Crippen LogP contribution in [0.25, 0.3) is 0 Å². The Morgan fingerprint density at radius 1 is 1.00 bits per heavy atom. The lowest BCUT2D eigenvalue weighted by Gasteiger charge is -2.49. The maximum Gasteiger partial charge on any atom is 0.352 e. The average molecular weight is 759 g/mol. The minimum atomic E-state index is -1.25. The van der Waals surface area contributed by atoms with Crippen molar-refractivity contribution in [1.82, 2.24) is 19.6 Å². The Labute approximate surface area is 313 Å². The lowest BCUT2D eigenvalue weighted by molar-refractivity contribution is -0.689. The highest BCUT2D eigenvalue weighted by Gasteiger charge is 2.55. The van der Waals surface area contributed by atoms with Gasteiger partial charge in [0.2, 0.25) is 11.5 Å². The number of nitrogens with zero attached hydrogens (tertiary/aromatic N) is 5. The summed E-state index contributed by atoms with van der Waals surface area (Å²) in [6.07, 6.45) is 21.0. The number of amides is 2. The molecule has 0 bridgehead atoms. The number of carboxylic acids is 1. The third-order valence-electron chi connectivity index (χ3n) is 8.92. The fraction of sp³-hybridized carbons (Fsp3) is 0.611. The fourth-order valence-electron chi connectivity index (χ4n) is 6.12. The summed E-state index contributed by atoms with van der Waals surface area (Å²) in [5, 5.41) is 16.0. The molecule has 0 aromatic carbocycles. The predicted octanol–water partition coefficient (Wildman–Crippen LogP) is 5.23. The van der Waals surface area contributed by atoms with Crippen LogP contribution in [-0.2, 0) is 30.5 Å². The van der Waals surface area contributed by atoms with Crippen LogP contribution in [0.1, 0.15) is 120 Å². The summed E-state index contributed by atoms with van der Waals surface area (Å²) in [4.78, 5) is 61.5. The number of carbonyl (C=O) groups is 4. The molecule has 1 saturated heterocycles. The van der Waals surface area contributed by atoms with E-state index in [0.29, 0.717) is 23.5 Å². The number of thioether (sulfide) groups is 1. The number of aliphatic carboxylic acids is 1. The molecule has 4 N–H and O–H groups in total. The third-order valence-corrected chi connectivity index (χ3v) is 10.8. The molecule has 2 amide bonds. The van der Waals surface area contributed by atoms with Gasteiger partial charge in [0.25, 0.3) is 11.8 Å². The molecule has 0 aliphatic carbocycles. The Morgan fingerprint density at radius 2 is 1.62 bits per heavy atom. The van der Waals surface area contributed by atoms with Crippen LogP contribution in [0.4, 0.5) is 5.13 Å². The van der Waals surface area contributed by atoms with Crippen LogP contribution in [0.15, 0.2) is 41.0 Å². The molecule has 2 aliphatic rings. The standard InChI is InChI=1S/C36H51N7O7S2/c1-3-5-6-7-8-9-10-11-12-13-14-15-16-17-22-49-35(48)25-18-20-42(21-19-25)23-26-24-51-33-28(32(45)43(33)29(26)34(46)47)38-31(44)27(40-50-4-2)30-39-36(37)52-41-30/h18-21,28,33H,3-17,22-24H2,1-2H3,(H3-,37,38,39,41,44,46,47)/p+1/t28?,33-/m0/s1. The third kappa shape index (κ3) is 11.7. The van der Waals surface area contributed by atoms with Crippen LogP contribution in [-0.4, -0.2) is 79.2 Å². The lowest BCUT2D eigenvalue weighted by atomic mass is 10.0. The van der Waals surface area contributed by atoms with E-state index in [0.717, 1.165) is 30.8 Å². The van der Waals surface area contributed by atoms with Gasteiger partial charge in [-0.1, -0.05) is 95.6 Å². The van der Waals surface area contributed by atoms with Crippen molar-refractivity contribution >= 4 is 57.9 Å². The monoisotopic (exact) mass is 758 g/mol. The van der Waals surface area contributed by atoms with E-state index in [-0.39, 0.29) is 35.5 Å². The number of hydrogen-bond donors (Lipinski definition) is 3. The molecule has 4 rings (SSSR count). The predicted molar refractivity (Wildman–Crippen MR) is 199 cm³/mol. The molecular weight excluding hydrogens is 707 g/mol. The second kappa shape index (κ2) is 21.5. The second-order valence-corrected chi connectivity index (χ2v) is 14.8. The van der Waals surface area contributed by atoms with Crippen molar-refractivity contribution in [3.05, 3.63) is 47.2 Å². The van der Waals surface area contributed by atoms with Crippen molar-refractivity contribution in [3.63, 3.8) is 0 Å². The molecule has 2 aromatic rings. The van der Waals surface area contributed by atoms with Crippen LogP contribution in [0.2, 0.25) is 0 Å². The van der Waals surface area contributed by atoms with E-state index in [2.05, 4.69) is 26.8 Å². The largest absolute Gasteiger partial charge is 0.477 e. The average Bonchev–Trinajstić information content (AvgIpc) is 3.57. The van der Waals surface area contributed by atoms with Crippen molar-refractivity contribution < 1.29 is 38.4 Å². The van der Waals surface area contributed by atoms with E-state index in [4.69, 9.17) is 15.3 Å². The smallest absolute Gasteiger partial charge is 0.352 e. The molecule has 2 aliphatic heterocycles. The summed E-state index contributed by atoms with van der Waals surface area (Å²) in [6.45, 7) is 4.70. The molecule has 52 heavy (non-hydrogen) atoms. The van der Waals surface area contributed by atoms with E-state index >= 15 is 0 Å². The van der Waals surface area contributed by atoms with E-state index < -0.39 is 35.2 Å². The number of anilines is 1. The number of nitrogens with two attached hydrogens (primary N) is 1. The van der Waals surface area contributed by atoms with Gasteiger partial charge < -0.3 is 25.7 Å². The Bertz CT molecular complexity index is 1560. The summed E-state index contributed by atoms with van der Waals surface area (Å²) >= 11 is 2.22. The minimum Gasteiger partial charge on any atom is -0.477 e. The number of carboxylic acid groups (broad SMARTS) is 1. The van der Waals surface area contributed by atoms with Crippen LogP contribution >= 0.6 is 23.3 Å². The number of fused-ring (bicyclic) bond motifs is 1. The molecule has 0 spiro atoms. The Morgan fingerprint density at radius 3 is 2.17 bits per heavy atom. The van der Waals surface area contributed by atoms with Crippen molar-refractivity contribution in [3.8, 4) is 0 Å². The number of pyridine rings is 1. The summed E-state index contributed by atoms with van der Waals surface area (Å²) in [5.41, 5.74) is 6.22. The molecular formula is C36H52N7O7S2+. The van der Waals surface area contributed by atoms with E-state index in [9.17, 15) is 24.3 Å². The topological polar surface area (TPSA) is 190 Å². The number of aromatic nitrogens is 3. The van der Waals surface area contributed by atoms with E-state index in [1.807, 2.05) is 0 Å². The normalized spacial score (nSPS) is 17.1. The van der Waals surface area contributed by atoms with Gasteiger partial charge in [0.05, 0.1) is 12.2 Å². The maximum atomic E-state index is 13.2. The molecule has 4 heterocycles. The van der Waals surface area contributed by atoms with E-state index in [1.54, 1.807) is 36.0 Å². The first kappa shape index (κ1) is 40.7. The maximum absolute atomic E-state index is 13.2. The zero-order valence-corrected chi connectivity index (χ0v) is 31.9. The van der Waals surface area contributed by atoms with Crippen molar-refractivity contribution in [2.24, 2.45) is 5.16 Å². The van der Waals surface area contributed by atoms with Gasteiger partial charge in [-0.05, 0) is 13.3 Å². The van der Waals surface area contributed by atoms with Gasteiger partial charge in [0.15, 0.2) is 24.1 Å². The van der Waals surface area contributed by atoms with Gasteiger partial charge in [0, 0.05) is 35.0 Å². The van der Waals surface area contributed by atoms with E-state index in [1.165, 1.54) is 87.3 Å². The van der Waals surface area contributed by atoms with Crippen LogP contribution in [0.3, 0.4) is 0 Å². The lowest BCUT2D eigenvalue weighted by Crippen LogP contribution is -2.71. The van der Waals surface area contributed by atoms with Gasteiger partial charge in [-0.25, -0.2) is 14.2 Å². The van der Waals surface area contributed by atoms with Gasteiger partial charge >= 0.3 is 11.9 Å². The van der Waals surface area contributed by atoms with Crippen molar-refractivity contribution in [2.45, 2.75) is 122 Å². The first-order valence-corrected chi connectivity index (χ1v) is 20.2. The number of carbonyl (C=O) groups excluding carboxylic acids is 3. The molecule has 16 heteroatoms. The number of nitrogen functional groups attached to an aromatic ring is 1. The molecule has 0 saturated carbocycles. The molecule has 284 valence electrons. The number of nitrogens with one attached hydrogen (secondary N) is 1. The Balaban J connectivity index is 1.19. The first-order chi connectivity index (χ1) is 25.2. The number of ether oxygens (including phenoxy) is 1. The van der Waals surface area contributed by atoms with Crippen LogP contribution in [0.5, 0.6) is 0 Å². The molecule has 2 atom stereocenters. The summed E-state index contributed by atoms with van der Waals surface area (Å²) in [7, 11) is 0. The van der Waals surface area contributed by atoms with Gasteiger partial charge in [-0.3, -0.25) is 14.5 Å². The zero-order valence-electron chi connectivity index (χ0n) is 30.2. The van der Waals surface area contributed by atoms with Crippen LogP contribution in [0, 0.1) is 0 Å². The number of β-lactam (4-membered cyclic amide) rings is 1. The number of unbranched alkanes of at least 4 members (excludes halogenated alkanes) is 13. The molecule has 2 aromatic heterocycles. The highest BCUT2D eigenvalue weighted by atomic mass is 32.2. The number of hydrogen-bond acceptors (Lipinski definition) is 12. The SMILES string of the molecule is CCCCCCCCCCCCCCCCOC(=O)c1cc[n+](CC2=C(C(=O)O)N3C(=O)C(NC(=O)C(=NOCC)c4nsc(N)n4)[C@@H]3SC2)cc1. The highest BCUT2D eigenvalue weighted by molar-refractivity contribution is 8.00. The van der Waals surface area contributed by atoms with Gasteiger partial charge in [-0.2, -0.15) is 9.36 Å². The molecule has 0 radical (unpaired) electrons. The minimum absolute atomic E-state index is 0.0388. The van der Waals surface area contributed by atoms with Gasteiger partial charge in [-0.15, -0.1) is 11.8 Å². The molecule has 1 fully saturated rings. The van der Waals surface area contributed by atoms with Crippen LogP contribution < -0.4 is 15.6 Å². The summed E-state index contributed by atoms with van der Waals surface area (Å²) in [6, 6.07) is 2.29. The van der Waals surface area contributed by atoms with Crippen molar-refractivity contribution in [2.75, 3.05) is 24.7 Å². The molecule has 1 unspecified atom stereocenters. The fourth-order valence-corrected chi connectivity index (χ4v) is 7.89. The number of rotatable bonds is 24. The zero-order chi connectivity index (χ0) is 37.3. The van der Waals surface area contributed by atoms with Gasteiger partial charge in [0.1, 0.15) is 23.7 Å². The number of esters is 1. The molecule has 14 nitrogen and oxygen atoms in total.